The van der Waals surface area contributed by atoms with E-state index in [0.29, 0.717) is 10.6 Å². The number of hydrogen-bond acceptors (Lipinski definition) is 4. The molecule has 2 N–H and O–H groups in total. The van der Waals surface area contributed by atoms with Crippen LogP contribution in [0.5, 0.6) is 0 Å². The molecule has 0 saturated heterocycles. The second-order valence-corrected chi connectivity index (χ2v) is 5.98. The van der Waals surface area contributed by atoms with Gasteiger partial charge >= 0.3 is 6.09 Å². The molecule has 0 aliphatic heterocycles. The molecule has 7 heteroatoms. The summed E-state index contributed by atoms with van der Waals surface area (Å²) in [6.07, 6.45) is -2.86. The van der Waals surface area contributed by atoms with Gasteiger partial charge in [-0.1, -0.05) is 24.3 Å². The maximum atomic E-state index is 13.2. The van der Waals surface area contributed by atoms with Gasteiger partial charge in [0.15, 0.2) is 5.78 Å². The van der Waals surface area contributed by atoms with Crippen LogP contribution in [0.15, 0.2) is 30.3 Å². The van der Waals surface area contributed by atoms with E-state index in [9.17, 15) is 18.4 Å². The highest BCUT2D eigenvalue weighted by atomic mass is 19.3. The Bertz CT molecular complexity index is 615. The van der Waals surface area contributed by atoms with Gasteiger partial charge in [0.05, 0.1) is 6.54 Å². The molecule has 1 aromatic carbocycles. The fourth-order valence-electron chi connectivity index (χ4n) is 1.72. The molecular weight excluding hydrogens is 306 g/mol. The highest BCUT2D eigenvalue weighted by Crippen LogP contribution is 2.23. The maximum absolute atomic E-state index is 13.2. The third-order valence-corrected chi connectivity index (χ3v) is 2.82. The van der Waals surface area contributed by atoms with E-state index in [1.807, 2.05) is 0 Å². The van der Waals surface area contributed by atoms with E-state index in [1.165, 1.54) is 31.2 Å². The normalized spacial score (nSPS) is 10.9. The van der Waals surface area contributed by atoms with Gasteiger partial charge in [-0.3, -0.25) is 4.79 Å². The summed E-state index contributed by atoms with van der Waals surface area (Å²) in [7, 11) is 0. The minimum Gasteiger partial charge on any atom is -0.443 e. The number of hydrogen-bond donors (Lipinski definition) is 1. The van der Waals surface area contributed by atoms with Crippen molar-refractivity contribution in [1.29, 1.82) is 0 Å². The van der Waals surface area contributed by atoms with Gasteiger partial charge in [-0.25, -0.2) is 15.6 Å². The van der Waals surface area contributed by atoms with E-state index >= 15 is 0 Å². The SMILES string of the molecule is CC(=O)c1ccc(C(CN(N)C(=O)OC(C)(C)C)=C(F)F)cc1. The third-order valence-electron chi connectivity index (χ3n) is 2.82. The molecule has 0 bridgehead atoms. The van der Waals surface area contributed by atoms with Crippen molar-refractivity contribution in [3.63, 3.8) is 0 Å². The van der Waals surface area contributed by atoms with Gasteiger partial charge in [-0.05, 0) is 33.3 Å². The van der Waals surface area contributed by atoms with E-state index in [1.54, 1.807) is 20.8 Å². The molecule has 0 saturated carbocycles. The Hall–Kier alpha value is -2.28. The second-order valence-electron chi connectivity index (χ2n) is 5.98. The van der Waals surface area contributed by atoms with E-state index in [0.717, 1.165) is 0 Å². The number of hydrazine groups is 1. The van der Waals surface area contributed by atoms with Gasteiger partial charge in [0.2, 0.25) is 0 Å². The van der Waals surface area contributed by atoms with Crippen LogP contribution in [0.3, 0.4) is 0 Å². The zero-order valence-electron chi connectivity index (χ0n) is 13.5. The number of ether oxygens (including phenoxy) is 1. The van der Waals surface area contributed by atoms with Crippen LogP contribution in [-0.4, -0.2) is 29.0 Å². The summed E-state index contributed by atoms with van der Waals surface area (Å²) >= 11 is 0. The molecule has 0 radical (unpaired) electrons. The maximum Gasteiger partial charge on any atom is 0.424 e. The molecule has 23 heavy (non-hydrogen) atoms. The lowest BCUT2D eigenvalue weighted by Gasteiger charge is -2.24. The Morgan fingerprint density at radius 1 is 1.13 bits per heavy atom. The largest absolute Gasteiger partial charge is 0.443 e. The van der Waals surface area contributed by atoms with Gasteiger partial charge in [0, 0.05) is 11.1 Å². The number of amides is 1. The predicted molar refractivity (Wildman–Crippen MR) is 82.7 cm³/mol. The molecule has 5 nitrogen and oxygen atoms in total. The highest BCUT2D eigenvalue weighted by Gasteiger charge is 2.22. The van der Waals surface area contributed by atoms with Crippen LogP contribution in [0.25, 0.3) is 5.57 Å². The van der Waals surface area contributed by atoms with Crippen molar-refractivity contribution in [1.82, 2.24) is 5.01 Å². The lowest BCUT2D eigenvalue weighted by atomic mass is 10.0. The van der Waals surface area contributed by atoms with Crippen LogP contribution in [0.1, 0.15) is 43.6 Å². The molecule has 0 aromatic heterocycles. The second kappa shape index (κ2) is 7.32. The molecule has 0 fully saturated rings. The Morgan fingerprint density at radius 3 is 2.00 bits per heavy atom. The fourth-order valence-corrected chi connectivity index (χ4v) is 1.72. The molecule has 1 rings (SSSR count). The number of benzene rings is 1. The van der Waals surface area contributed by atoms with Crippen molar-refractivity contribution < 1.29 is 23.1 Å². The van der Waals surface area contributed by atoms with Gasteiger partial charge in [-0.2, -0.15) is 8.78 Å². The van der Waals surface area contributed by atoms with Crippen LogP contribution >= 0.6 is 0 Å². The zero-order valence-corrected chi connectivity index (χ0v) is 13.5. The molecule has 0 aliphatic rings. The van der Waals surface area contributed by atoms with E-state index in [2.05, 4.69) is 0 Å². The van der Waals surface area contributed by atoms with Crippen molar-refractivity contribution in [3.8, 4) is 0 Å². The third kappa shape index (κ3) is 5.78. The Labute approximate surface area is 133 Å². The average molecular weight is 326 g/mol. The van der Waals surface area contributed by atoms with Crippen LogP contribution < -0.4 is 5.84 Å². The van der Waals surface area contributed by atoms with Gasteiger partial charge in [-0.15, -0.1) is 0 Å². The van der Waals surface area contributed by atoms with Gasteiger partial charge in [0.25, 0.3) is 6.08 Å². The molecular formula is C16H20F2N2O3. The fraction of sp³-hybridized carbons (Fsp3) is 0.375. The number of halogens is 2. The topological polar surface area (TPSA) is 72.6 Å². The van der Waals surface area contributed by atoms with Crippen LogP contribution in [0.2, 0.25) is 0 Å². The summed E-state index contributed by atoms with van der Waals surface area (Å²) in [6.45, 7) is 5.80. The molecule has 0 unspecified atom stereocenters. The Kier molecular flexibility index (Phi) is 5.98. The van der Waals surface area contributed by atoms with Crippen molar-refractivity contribution in [3.05, 3.63) is 41.5 Å². The minimum atomic E-state index is -1.96. The smallest absolute Gasteiger partial charge is 0.424 e. The number of carbonyl (C=O) groups excluding carboxylic acids is 2. The first kappa shape index (κ1) is 18.8. The number of ketones is 1. The van der Waals surface area contributed by atoms with Crippen LogP contribution in [0.4, 0.5) is 13.6 Å². The minimum absolute atomic E-state index is 0.169. The lowest BCUT2D eigenvalue weighted by molar-refractivity contribution is 0.0273. The Balaban J connectivity index is 2.94. The summed E-state index contributed by atoms with van der Waals surface area (Å²) in [6, 6.07) is 5.65. The average Bonchev–Trinajstić information content (AvgIpc) is 2.42. The van der Waals surface area contributed by atoms with E-state index in [4.69, 9.17) is 10.6 Å². The molecule has 0 aliphatic carbocycles. The first-order chi connectivity index (χ1) is 10.5. The number of nitrogens with zero attached hydrogens (tertiary/aromatic N) is 1. The standard InChI is InChI=1S/C16H20F2N2O3/c1-10(21)11-5-7-12(8-6-11)13(14(17)18)9-20(19)15(22)23-16(2,3)4/h5-8H,9,19H2,1-4H3. The quantitative estimate of drug-likeness (QED) is 0.397. The first-order valence-electron chi connectivity index (χ1n) is 6.92. The number of carbonyl (C=O) groups is 2. The zero-order chi connectivity index (χ0) is 17.8. The number of rotatable bonds is 4. The van der Waals surface area contributed by atoms with E-state index < -0.39 is 29.9 Å². The summed E-state index contributed by atoms with van der Waals surface area (Å²) in [5.41, 5.74) is -0.609. The summed E-state index contributed by atoms with van der Waals surface area (Å²) in [5, 5.41) is 0.582. The van der Waals surface area contributed by atoms with Crippen molar-refractivity contribution in [2.24, 2.45) is 5.84 Å². The predicted octanol–water partition coefficient (Wildman–Crippen LogP) is 3.61. The number of Topliss-reactive ketones (excluding diaryl/α,β-unsaturated/α-hetero) is 1. The lowest BCUT2D eigenvalue weighted by Crippen LogP contribution is -2.42. The first-order valence-corrected chi connectivity index (χ1v) is 6.92. The van der Waals surface area contributed by atoms with Crippen LogP contribution in [0, 0.1) is 0 Å². The highest BCUT2D eigenvalue weighted by molar-refractivity contribution is 5.94. The molecule has 0 atom stereocenters. The molecule has 0 spiro atoms. The Morgan fingerprint density at radius 2 is 1.61 bits per heavy atom. The molecule has 1 amide bonds. The summed E-state index contributed by atoms with van der Waals surface area (Å²) < 4.78 is 31.4. The summed E-state index contributed by atoms with van der Waals surface area (Å²) in [5.74, 6) is 5.35. The summed E-state index contributed by atoms with van der Waals surface area (Å²) in [4.78, 5) is 23.0. The van der Waals surface area contributed by atoms with Crippen LogP contribution in [-0.2, 0) is 4.74 Å². The van der Waals surface area contributed by atoms with Gasteiger partial charge in [0.1, 0.15) is 5.60 Å². The number of nitrogens with two attached hydrogens (primary N) is 1. The van der Waals surface area contributed by atoms with Gasteiger partial charge < -0.3 is 4.74 Å². The molecule has 126 valence electrons. The van der Waals surface area contributed by atoms with Crippen molar-refractivity contribution >= 4 is 17.4 Å². The van der Waals surface area contributed by atoms with Crippen molar-refractivity contribution in [2.75, 3.05) is 6.54 Å². The van der Waals surface area contributed by atoms with Crippen molar-refractivity contribution in [2.45, 2.75) is 33.3 Å². The molecule has 1 aromatic rings. The molecule has 0 heterocycles. The monoisotopic (exact) mass is 326 g/mol. The van der Waals surface area contributed by atoms with E-state index in [-0.39, 0.29) is 11.3 Å².